The number of nitrogens with two attached hydrogens (primary N) is 1. The molecule has 2 rings (SSSR count). The van der Waals surface area contributed by atoms with E-state index in [1.807, 2.05) is 6.07 Å². The molecule has 1 saturated carbocycles. The van der Waals surface area contributed by atoms with E-state index in [4.69, 9.17) is 26.8 Å². The molecule has 3 nitrogen and oxygen atoms in total. The van der Waals surface area contributed by atoms with Gasteiger partial charge in [0, 0.05) is 17.7 Å². The van der Waals surface area contributed by atoms with Gasteiger partial charge in [0.25, 0.3) is 0 Å². The van der Waals surface area contributed by atoms with Crippen LogP contribution in [0.25, 0.3) is 0 Å². The Morgan fingerprint density at radius 3 is 2.38 bits per heavy atom. The number of rotatable bonds is 4. The SMILES string of the molecule is COc1cc(OC)c(C(N)C2CC2)cc1Cl. The number of ether oxygens (including phenoxy) is 2. The van der Waals surface area contributed by atoms with Crippen molar-refractivity contribution in [2.75, 3.05) is 14.2 Å². The molecule has 1 aromatic rings. The van der Waals surface area contributed by atoms with Crippen LogP contribution in [-0.2, 0) is 0 Å². The van der Waals surface area contributed by atoms with Gasteiger partial charge >= 0.3 is 0 Å². The Hall–Kier alpha value is -0.930. The number of hydrogen-bond donors (Lipinski definition) is 1. The highest BCUT2D eigenvalue weighted by Crippen LogP contribution is 2.44. The number of hydrogen-bond acceptors (Lipinski definition) is 3. The summed E-state index contributed by atoms with van der Waals surface area (Å²) < 4.78 is 10.5. The van der Waals surface area contributed by atoms with Crippen molar-refractivity contribution in [3.05, 3.63) is 22.7 Å². The summed E-state index contributed by atoms with van der Waals surface area (Å²) >= 11 is 6.09. The van der Waals surface area contributed by atoms with Gasteiger partial charge in [-0.15, -0.1) is 0 Å². The first-order valence-electron chi connectivity index (χ1n) is 5.34. The van der Waals surface area contributed by atoms with Crippen molar-refractivity contribution in [2.45, 2.75) is 18.9 Å². The topological polar surface area (TPSA) is 44.5 Å². The van der Waals surface area contributed by atoms with Crippen LogP contribution in [0.5, 0.6) is 11.5 Å². The van der Waals surface area contributed by atoms with E-state index in [2.05, 4.69) is 0 Å². The summed E-state index contributed by atoms with van der Waals surface area (Å²) in [4.78, 5) is 0. The zero-order chi connectivity index (χ0) is 11.7. The lowest BCUT2D eigenvalue weighted by Gasteiger charge is -2.17. The van der Waals surface area contributed by atoms with E-state index in [-0.39, 0.29) is 6.04 Å². The van der Waals surface area contributed by atoms with Gasteiger partial charge in [0.05, 0.1) is 19.2 Å². The summed E-state index contributed by atoms with van der Waals surface area (Å²) in [5, 5.41) is 0.578. The maximum absolute atomic E-state index is 6.16. The summed E-state index contributed by atoms with van der Waals surface area (Å²) in [6.07, 6.45) is 2.38. The van der Waals surface area contributed by atoms with Crippen LogP contribution in [0.4, 0.5) is 0 Å². The standard InChI is InChI=1S/C12H16ClNO2/c1-15-10-6-11(16-2)9(13)5-8(10)12(14)7-3-4-7/h5-7,12H,3-4,14H2,1-2H3. The zero-order valence-corrected chi connectivity index (χ0v) is 10.3. The smallest absolute Gasteiger partial charge is 0.141 e. The highest BCUT2D eigenvalue weighted by molar-refractivity contribution is 6.32. The van der Waals surface area contributed by atoms with Gasteiger partial charge in [0.15, 0.2) is 0 Å². The molecular weight excluding hydrogens is 226 g/mol. The lowest BCUT2D eigenvalue weighted by molar-refractivity contribution is 0.387. The molecule has 0 saturated heterocycles. The molecular formula is C12H16ClNO2. The van der Waals surface area contributed by atoms with Crippen molar-refractivity contribution in [1.29, 1.82) is 0 Å². The summed E-state index contributed by atoms with van der Waals surface area (Å²) in [7, 11) is 3.22. The Kier molecular flexibility index (Phi) is 3.26. The zero-order valence-electron chi connectivity index (χ0n) is 9.50. The van der Waals surface area contributed by atoms with Gasteiger partial charge in [0.1, 0.15) is 11.5 Å². The maximum Gasteiger partial charge on any atom is 0.141 e. The fourth-order valence-corrected chi connectivity index (χ4v) is 2.10. The molecule has 0 radical (unpaired) electrons. The number of halogens is 1. The summed E-state index contributed by atoms with van der Waals surface area (Å²) in [6.45, 7) is 0. The van der Waals surface area contributed by atoms with Crippen molar-refractivity contribution in [2.24, 2.45) is 11.7 Å². The first kappa shape index (κ1) is 11.6. The minimum absolute atomic E-state index is 0.0124. The van der Waals surface area contributed by atoms with Gasteiger partial charge in [-0.25, -0.2) is 0 Å². The molecule has 1 aliphatic rings. The van der Waals surface area contributed by atoms with Gasteiger partial charge < -0.3 is 15.2 Å². The van der Waals surface area contributed by atoms with Crippen LogP contribution in [0.3, 0.4) is 0 Å². The second-order valence-corrected chi connectivity index (χ2v) is 4.50. The third-order valence-corrected chi connectivity index (χ3v) is 3.29. The van der Waals surface area contributed by atoms with E-state index in [0.717, 1.165) is 11.3 Å². The molecule has 1 atom stereocenters. The molecule has 1 aliphatic carbocycles. The van der Waals surface area contributed by atoms with Gasteiger partial charge in [-0.2, -0.15) is 0 Å². The van der Waals surface area contributed by atoms with Gasteiger partial charge in [-0.05, 0) is 24.8 Å². The Morgan fingerprint density at radius 1 is 1.25 bits per heavy atom. The molecule has 0 bridgehead atoms. The largest absolute Gasteiger partial charge is 0.496 e. The van der Waals surface area contributed by atoms with Crippen LogP contribution in [0.1, 0.15) is 24.4 Å². The molecule has 88 valence electrons. The molecule has 2 N–H and O–H groups in total. The summed E-state index contributed by atoms with van der Waals surface area (Å²) in [6, 6.07) is 3.65. The molecule has 16 heavy (non-hydrogen) atoms. The molecule has 0 aromatic heterocycles. The Morgan fingerprint density at radius 2 is 1.88 bits per heavy atom. The summed E-state index contributed by atoms with van der Waals surface area (Å²) in [5.74, 6) is 1.93. The molecule has 1 fully saturated rings. The number of benzene rings is 1. The minimum Gasteiger partial charge on any atom is -0.496 e. The van der Waals surface area contributed by atoms with E-state index >= 15 is 0 Å². The quantitative estimate of drug-likeness (QED) is 0.882. The van der Waals surface area contributed by atoms with E-state index < -0.39 is 0 Å². The monoisotopic (exact) mass is 241 g/mol. The lowest BCUT2D eigenvalue weighted by Crippen LogP contribution is -2.13. The minimum atomic E-state index is 0.0124. The van der Waals surface area contributed by atoms with Crippen LogP contribution in [0.15, 0.2) is 12.1 Å². The average molecular weight is 242 g/mol. The maximum atomic E-state index is 6.16. The Bertz CT molecular complexity index is 391. The van der Waals surface area contributed by atoms with Crippen molar-refractivity contribution < 1.29 is 9.47 Å². The predicted molar refractivity (Wildman–Crippen MR) is 64.2 cm³/mol. The Labute approximate surface area is 100 Å². The van der Waals surface area contributed by atoms with Gasteiger partial charge in [0.2, 0.25) is 0 Å². The molecule has 1 unspecified atom stereocenters. The highest BCUT2D eigenvalue weighted by atomic mass is 35.5. The molecule has 0 heterocycles. The average Bonchev–Trinajstić information content (AvgIpc) is 3.11. The van der Waals surface area contributed by atoms with Gasteiger partial charge in [-0.1, -0.05) is 11.6 Å². The van der Waals surface area contributed by atoms with Crippen LogP contribution in [0.2, 0.25) is 5.02 Å². The van der Waals surface area contributed by atoms with Crippen LogP contribution in [0, 0.1) is 5.92 Å². The predicted octanol–water partition coefficient (Wildman–Crippen LogP) is 2.77. The second kappa shape index (κ2) is 4.52. The third kappa shape index (κ3) is 2.11. The Balaban J connectivity index is 2.38. The molecule has 1 aromatic carbocycles. The lowest BCUT2D eigenvalue weighted by atomic mass is 10.0. The molecule has 0 aliphatic heterocycles. The van der Waals surface area contributed by atoms with Crippen molar-refractivity contribution in [3.63, 3.8) is 0 Å². The third-order valence-electron chi connectivity index (χ3n) is 2.99. The van der Waals surface area contributed by atoms with Crippen LogP contribution >= 0.6 is 11.6 Å². The highest BCUT2D eigenvalue weighted by Gasteiger charge is 2.31. The first-order valence-corrected chi connectivity index (χ1v) is 5.72. The second-order valence-electron chi connectivity index (χ2n) is 4.09. The van der Waals surface area contributed by atoms with Crippen LogP contribution < -0.4 is 15.2 Å². The fourth-order valence-electron chi connectivity index (χ4n) is 1.85. The van der Waals surface area contributed by atoms with E-state index in [1.54, 1.807) is 20.3 Å². The first-order chi connectivity index (χ1) is 7.67. The van der Waals surface area contributed by atoms with Crippen molar-refractivity contribution >= 4 is 11.6 Å². The van der Waals surface area contributed by atoms with E-state index in [9.17, 15) is 0 Å². The molecule has 0 spiro atoms. The molecule has 0 amide bonds. The van der Waals surface area contributed by atoms with Crippen molar-refractivity contribution in [1.82, 2.24) is 0 Å². The van der Waals surface area contributed by atoms with E-state index in [1.165, 1.54) is 12.8 Å². The molecule has 4 heteroatoms. The summed E-state index contributed by atoms with van der Waals surface area (Å²) in [5.41, 5.74) is 7.13. The van der Waals surface area contributed by atoms with E-state index in [0.29, 0.717) is 16.7 Å². The van der Waals surface area contributed by atoms with Gasteiger partial charge in [-0.3, -0.25) is 0 Å². The fraction of sp³-hybridized carbons (Fsp3) is 0.500. The van der Waals surface area contributed by atoms with Crippen LogP contribution in [-0.4, -0.2) is 14.2 Å². The number of methoxy groups -OCH3 is 2. The van der Waals surface area contributed by atoms with Crippen molar-refractivity contribution in [3.8, 4) is 11.5 Å². The normalized spacial score (nSPS) is 17.0.